The minimum absolute atomic E-state index is 0.0534. The van der Waals surface area contributed by atoms with Crippen LogP contribution in [-0.2, 0) is 17.9 Å². The summed E-state index contributed by atoms with van der Waals surface area (Å²) in [5.41, 5.74) is 1.39. The number of thioether (sulfide) groups is 1. The SMILES string of the molecule is CCSc1nnc(NC(=O)Cn2c(=O)n(CC)c3ccccc32)s1. The minimum Gasteiger partial charge on any atom is -0.299 e. The van der Waals surface area contributed by atoms with Gasteiger partial charge < -0.3 is 0 Å². The van der Waals surface area contributed by atoms with Gasteiger partial charge in [-0.1, -0.05) is 42.2 Å². The van der Waals surface area contributed by atoms with E-state index in [1.165, 1.54) is 15.9 Å². The van der Waals surface area contributed by atoms with Gasteiger partial charge in [0.25, 0.3) is 0 Å². The third-order valence-corrected chi connectivity index (χ3v) is 5.32. The first-order chi connectivity index (χ1) is 11.6. The van der Waals surface area contributed by atoms with E-state index in [9.17, 15) is 9.59 Å². The number of hydrogen-bond acceptors (Lipinski definition) is 6. The highest BCUT2D eigenvalue weighted by molar-refractivity contribution is 8.01. The third kappa shape index (κ3) is 3.22. The Bertz CT molecular complexity index is 927. The predicted molar refractivity (Wildman–Crippen MR) is 96.8 cm³/mol. The number of imidazole rings is 1. The van der Waals surface area contributed by atoms with E-state index >= 15 is 0 Å². The summed E-state index contributed by atoms with van der Waals surface area (Å²) in [5.74, 6) is 0.606. The molecule has 126 valence electrons. The van der Waals surface area contributed by atoms with Crippen molar-refractivity contribution in [1.82, 2.24) is 19.3 Å². The lowest BCUT2D eigenvalue weighted by atomic mass is 10.3. The maximum Gasteiger partial charge on any atom is 0.329 e. The molecule has 0 aliphatic heterocycles. The lowest BCUT2D eigenvalue weighted by molar-refractivity contribution is -0.116. The molecular weight excluding hydrogens is 346 g/mol. The van der Waals surface area contributed by atoms with Gasteiger partial charge in [-0.05, 0) is 24.8 Å². The Morgan fingerprint density at radius 3 is 2.58 bits per heavy atom. The maximum atomic E-state index is 12.5. The first-order valence-electron chi connectivity index (χ1n) is 7.58. The van der Waals surface area contributed by atoms with Gasteiger partial charge in [0.15, 0.2) is 4.34 Å². The fourth-order valence-electron chi connectivity index (χ4n) is 2.48. The molecule has 0 atom stereocenters. The largest absolute Gasteiger partial charge is 0.329 e. The number of hydrogen-bond donors (Lipinski definition) is 1. The van der Waals surface area contributed by atoms with E-state index in [0.29, 0.717) is 11.7 Å². The van der Waals surface area contributed by atoms with Gasteiger partial charge in [-0.2, -0.15) is 0 Å². The molecule has 24 heavy (non-hydrogen) atoms. The molecule has 0 spiro atoms. The fourth-order valence-corrected chi connectivity index (χ4v) is 4.14. The monoisotopic (exact) mass is 363 g/mol. The molecule has 0 saturated carbocycles. The molecule has 0 aliphatic carbocycles. The lowest BCUT2D eigenvalue weighted by Gasteiger charge is -2.03. The number of nitrogens with zero attached hydrogens (tertiary/aromatic N) is 4. The molecule has 7 nitrogen and oxygen atoms in total. The summed E-state index contributed by atoms with van der Waals surface area (Å²) in [7, 11) is 0. The molecule has 0 aliphatic rings. The van der Waals surface area contributed by atoms with E-state index in [-0.39, 0.29) is 18.1 Å². The van der Waals surface area contributed by atoms with Crippen molar-refractivity contribution in [2.24, 2.45) is 0 Å². The van der Waals surface area contributed by atoms with Crippen molar-refractivity contribution < 1.29 is 4.79 Å². The zero-order valence-electron chi connectivity index (χ0n) is 13.4. The third-order valence-electron chi connectivity index (χ3n) is 3.46. The number of para-hydroxylation sites is 2. The molecule has 2 aromatic heterocycles. The second kappa shape index (κ2) is 7.18. The van der Waals surface area contributed by atoms with Crippen LogP contribution in [0.25, 0.3) is 11.0 Å². The first-order valence-corrected chi connectivity index (χ1v) is 9.38. The summed E-state index contributed by atoms with van der Waals surface area (Å²) in [6.45, 7) is 4.44. The van der Waals surface area contributed by atoms with Crippen molar-refractivity contribution in [3.63, 3.8) is 0 Å². The van der Waals surface area contributed by atoms with Crippen molar-refractivity contribution >= 4 is 45.2 Å². The molecule has 0 unspecified atom stereocenters. The van der Waals surface area contributed by atoms with E-state index in [1.54, 1.807) is 16.3 Å². The van der Waals surface area contributed by atoms with Gasteiger partial charge in [0.1, 0.15) is 6.54 Å². The number of amides is 1. The van der Waals surface area contributed by atoms with Crippen LogP contribution in [0.2, 0.25) is 0 Å². The van der Waals surface area contributed by atoms with Crippen molar-refractivity contribution in [1.29, 1.82) is 0 Å². The van der Waals surface area contributed by atoms with Crippen LogP contribution in [0.1, 0.15) is 13.8 Å². The predicted octanol–water partition coefficient (Wildman–Crippen LogP) is 2.43. The summed E-state index contributed by atoms with van der Waals surface area (Å²) in [6, 6.07) is 7.46. The molecule has 2 heterocycles. The van der Waals surface area contributed by atoms with Gasteiger partial charge in [0.05, 0.1) is 11.0 Å². The number of anilines is 1. The van der Waals surface area contributed by atoms with Crippen molar-refractivity contribution in [3.05, 3.63) is 34.7 Å². The smallest absolute Gasteiger partial charge is 0.299 e. The molecule has 0 bridgehead atoms. The number of carbonyl (C=O) groups excluding carboxylic acids is 1. The van der Waals surface area contributed by atoms with Crippen molar-refractivity contribution in [3.8, 4) is 0 Å². The Morgan fingerprint density at radius 1 is 1.21 bits per heavy atom. The van der Waals surface area contributed by atoms with Gasteiger partial charge >= 0.3 is 5.69 Å². The molecule has 3 rings (SSSR count). The summed E-state index contributed by atoms with van der Waals surface area (Å²) < 4.78 is 3.95. The highest BCUT2D eigenvalue weighted by atomic mass is 32.2. The Kier molecular flexibility index (Phi) is 5.00. The Hall–Kier alpha value is -2.13. The van der Waals surface area contributed by atoms with Crippen molar-refractivity contribution in [2.75, 3.05) is 11.1 Å². The first kappa shape index (κ1) is 16.7. The molecule has 1 aromatic carbocycles. The van der Waals surface area contributed by atoms with E-state index in [0.717, 1.165) is 21.1 Å². The molecule has 3 aromatic rings. The molecule has 1 N–H and O–H groups in total. The van der Waals surface area contributed by atoms with Crippen LogP contribution in [-0.4, -0.2) is 31.0 Å². The summed E-state index contributed by atoms with van der Waals surface area (Å²) in [6.07, 6.45) is 0. The Morgan fingerprint density at radius 2 is 1.92 bits per heavy atom. The molecule has 0 radical (unpaired) electrons. The van der Waals surface area contributed by atoms with Crippen LogP contribution in [0.5, 0.6) is 0 Å². The molecule has 9 heteroatoms. The zero-order chi connectivity index (χ0) is 17.1. The number of carbonyl (C=O) groups is 1. The number of nitrogens with one attached hydrogen (secondary N) is 1. The van der Waals surface area contributed by atoms with Crippen LogP contribution < -0.4 is 11.0 Å². The normalized spacial score (nSPS) is 11.1. The minimum atomic E-state index is -0.291. The summed E-state index contributed by atoms with van der Waals surface area (Å²) in [5, 5.41) is 11.1. The Balaban J connectivity index is 1.82. The average Bonchev–Trinajstić information content (AvgIpc) is 3.11. The number of benzene rings is 1. The highest BCUT2D eigenvalue weighted by Crippen LogP contribution is 2.25. The Labute approximate surface area is 146 Å². The van der Waals surface area contributed by atoms with E-state index in [4.69, 9.17) is 0 Å². The highest BCUT2D eigenvalue weighted by Gasteiger charge is 2.15. The second-order valence-corrected chi connectivity index (χ2v) is 7.44. The van der Waals surface area contributed by atoms with E-state index < -0.39 is 0 Å². The van der Waals surface area contributed by atoms with Crippen molar-refractivity contribution in [2.45, 2.75) is 31.3 Å². The number of aryl methyl sites for hydroxylation is 1. The summed E-state index contributed by atoms with van der Waals surface area (Å²) in [4.78, 5) is 24.8. The zero-order valence-corrected chi connectivity index (χ0v) is 15.0. The number of fused-ring (bicyclic) bond motifs is 1. The fraction of sp³-hybridized carbons (Fsp3) is 0.333. The van der Waals surface area contributed by atoms with Crippen LogP contribution in [0.4, 0.5) is 5.13 Å². The van der Waals surface area contributed by atoms with Gasteiger partial charge in [0.2, 0.25) is 11.0 Å². The van der Waals surface area contributed by atoms with E-state index in [1.807, 2.05) is 38.1 Å². The molecular formula is C15H17N5O2S2. The average molecular weight is 363 g/mol. The van der Waals surface area contributed by atoms with Gasteiger partial charge in [-0.25, -0.2) is 4.79 Å². The van der Waals surface area contributed by atoms with Crippen LogP contribution in [0.15, 0.2) is 33.4 Å². The van der Waals surface area contributed by atoms with Gasteiger partial charge in [-0.3, -0.25) is 19.2 Å². The quantitative estimate of drug-likeness (QED) is 0.537. The number of rotatable bonds is 6. The molecule has 0 saturated heterocycles. The van der Waals surface area contributed by atoms with Crippen LogP contribution >= 0.6 is 23.1 Å². The van der Waals surface area contributed by atoms with Crippen LogP contribution in [0, 0.1) is 0 Å². The molecule has 0 fully saturated rings. The standard InChI is InChI=1S/C15H17N5O2S2/c1-3-19-10-7-5-6-8-11(10)20(15(19)22)9-12(21)16-13-17-18-14(24-13)23-4-2/h5-8H,3-4,9H2,1-2H3,(H,16,17,21). The van der Waals surface area contributed by atoms with Gasteiger partial charge in [0, 0.05) is 6.54 Å². The topological polar surface area (TPSA) is 81.8 Å². The number of aromatic nitrogens is 4. The second-order valence-electron chi connectivity index (χ2n) is 4.96. The van der Waals surface area contributed by atoms with E-state index in [2.05, 4.69) is 15.5 Å². The lowest BCUT2D eigenvalue weighted by Crippen LogP contribution is -2.29. The van der Waals surface area contributed by atoms with Gasteiger partial charge in [-0.15, -0.1) is 10.2 Å². The van der Waals surface area contributed by atoms with Crippen LogP contribution in [0.3, 0.4) is 0 Å². The maximum absolute atomic E-state index is 12.5. The summed E-state index contributed by atoms with van der Waals surface area (Å²) >= 11 is 2.90. The molecule has 1 amide bonds.